The lowest BCUT2D eigenvalue weighted by atomic mass is 10.0. The minimum Gasteiger partial charge on any atom is -0.460 e. The van der Waals surface area contributed by atoms with Crippen molar-refractivity contribution in [2.75, 3.05) is 11.9 Å². The van der Waals surface area contributed by atoms with Gasteiger partial charge in [0.25, 0.3) is 5.91 Å². The van der Waals surface area contributed by atoms with Crippen LogP contribution in [0.1, 0.15) is 25.1 Å². The van der Waals surface area contributed by atoms with Gasteiger partial charge in [-0.2, -0.15) is 0 Å². The molecule has 1 aliphatic rings. The molecule has 3 rings (SSSR count). The Labute approximate surface area is 160 Å². The maximum atomic E-state index is 13.0. The van der Waals surface area contributed by atoms with Crippen molar-refractivity contribution in [3.8, 4) is 0 Å². The zero-order valence-corrected chi connectivity index (χ0v) is 16.2. The molecule has 1 aliphatic heterocycles. The van der Waals surface area contributed by atoms with Gasteiger partial charge in [-0.25, -0.2) is 0 Å². The SMILES string of the molecule is CC(=O)O[C@H](C)[C@@H]1N=C(c2ccccn2)c2cc(Br)ccc2N(C)C1=O. The summed E-state index contributed by atoms with van der Waals surface area (Å²) in [5, 5.41) is 0. The molecule has 2 heterocycles. The molecule has 7 heteroatoms. The first kappa shape index (κ1) is 18.3. The number of aliphatic imine (C=N–C) groups is 1. The third kappa shape index (κ3) is 3.53. The molecule has 0 spiro atoms. The fraction of sp³-hybridized carbons (Fsp3) is 0.263. The Morgan fingerprint density at radius 2 is 2.08 bits per heavy atom. The first-order valence-corrected chi connectivity index (χ1v) is 8.91. The lowest BCUT2D eigenvalue weighted by Gasteiger charge is -2.23. The smallest absolute Gasteiger partial charge is 0.302 e. The van der Waals surface area contributed by atoms with Crippen LogP contribution in [0.2, 0.25) is 0 Å². The van der Waals surface area contributed by atoms with E-state index in [0.717, 1.165) is 15.7 Å². The number of nitrogens with zero attached hydrogens (tertiary/aromatic N) is 3. The number of ether oxygens (including phenoxy) is 1. The Bertz CT molecular complexity index is 883. The molecule has 1 aromatic heterocycles. The van der Waals surface area contributed by atoms with Crippen LogP contribution < -0.4 is 4.90 Å². The minimum atomic E-state index is -0.855. The first-order valence-electron chi connectivity index (χ1n) is 8.12. The number of carbonyl (C=O) groups excluding carboxylic acids is 2. The number of esters is 1. The third-order valence-electron chi connectivity index (χ3n) is 4.13. The normalized spacial score (nSPS) is 17.8. The molecule has 0 fully saturated rings. The average Bonchev–Trinajstić information content (AvgIpc) is 2.71. The van der Waals surface area contributed by atoms with Crippen LogP contribution in [0, 0.1) is 0 Å². The van der Waals surface area contributed by atoms with E-state index in [4.69, 9.17) is 4.74 Å². The molecule has 0 saturated carbocycles. The predicted molar refractivity (Wildman–Crippen MR) is 102 cm³/mol. The summed E-state index contributed by atoms with van der Waals surface area (Å²) in [5.41, 5.74) is 2.74. The van der Waals surface area contributed by atoms with E-state index < -0.39 is 18.1 Å². The largest absolute Gasteiger partial charge is 0.460 e. The number of hydrogen-bond acceptors (Lipinski definition) is 5. The van der Waals surface area contributed by atoms with Gasteiger partial charge in [0.15, 0.2) is 6.04 Å². The second-order valence-corrected chi connectivity index (χ2v) is 6.93. The Hall–Kier alpha value is -2.54. The fourth-order valence-corrected chi connectivity index (χ4v) is 3.27. The number of aromatic nitrogens is 1. The molecule has 0 saturated heterocycles. The second-order valence-electron chi connectivity index (χ2n) is 6.01. The van der Waals surface area contributed by atoms with Gasteiger partial charge in [0, 0.05) is 30.2 Å². The molecule has 0 N–H and O–H groups in total. The standard InChI is InChI=1S/C19H18BrN3O3/c1-11(26-12(2)24)17-19(25)23(3)16-8-7-13(20)10-14(16)18(22-17)15-6-4-5-9-21-15/h4-11,17H,1-3H3/t11-,17+/m1/s1. The van der Waals surface area contributed by atoms with Crippen LogP contribution in [0.15, 0.2) is 52.1 Å². The van der Waals surface area contributed by atoms with E-state index in [1.54, 1.807) is 25.1 Å². The highest BCUT2D eigenvalue weighted by molar-refractivity contribution is 9.10. The van der Waals surface area contributed by atoms with E-state index in [2.05, 4.69) is 25.9 Å². The zero-order chi connectivity index (χ0) is 18.8. The summed E-state index contributed by atoms with van der Waals surface area (Å²) in [6, 6.07) is 10.3. The van der Waals surface area contributed by atoms with Crippen LogP contribution in [-0.2, 0) is 14.3 Å². The number of benzene rings is 1. The van der Waals surface area contributed by atoms with E-state index in [9.17, 15) is 9.59 Å². The van der Waals surface area contributed by atoms with Gasteiger partial charge in [0.2, 0.25) is 0 Å². The lowest BCUT2D eigenvalue weighted by molar-refractivity contribution is -0.147. The summed E-state index contributed by atoms with van der Waals surface area (Å²) in [5.74, 6) is -0.694. The van der Waals surface area contributed by atoms with E-state index in [-0.39, 0.29) is 5.91 Å². The van der Waals surface area contributed by atoms with E-state index in [1.165, 1.54) is 6.92 Å². The molecule has 0 aliphatic carbocycles. The summed E-state index contributed by atoms with van der Waals surface area (Å²) in [6.07, 6.45) is 0.982. The van der Waals surface area contributed by atoms with Crippen LogP contribution in [0.5, 0.6) is 0 Å². The van der Waals surface area contributed by atoms with Crippen LogP contribution in [0.4, 0.5) is 5.69 Å². The number of fused-ring (bicyclic) bond motifs is 1. The van der Waals surface area contributed by atoms with Crippen molar-refractivity contribution < 1.29 is 14.3 Å². The van der Waals surface area contributed by atoms with Crippen LogP contribution in [0.3, 0.4) is 0 Å². The summed E-state index contributed by atoms with van der Waals surface area (Å²) < 4.78 is 6.12. The number of amides is 1. The molecule has 1 aromatic carbocycles. The molecule has 1 amide bonds. The van der Waals surface area contributed by atoms with Crippen molar-refractivity contribution in [1.82, 2.24) is 4.98 Å². The maximum Gasteiger partial charge on any atom is 0.302 e. The average molecular weight is 416 g/mol. The molecular weight excluding hydrogens is 398 g/mol. The van der Waals surface area contributed by atoms with Crippen molar-refractivity contribution in [2.45, 2.75) is 26.0 Å². The number of halogens is 1. The van der Waals surface area contributed by atoms with Gasteiger partial charge < -0.3 is 9.64 Å². The number of hydrogen-bond donors (Lipinski definition) is 0. The van der Waals surface area contributed by atoms with Crippen molar-refractivity contribution in [1.29, 1.82) is 0 Å². The molecule has 6 nitrogen and oxygen atoms in total. The monoisotopic (exact) mass is 415 g/mol. The molecule has 2 aromatic rings. The lowest BCUT2D eigenvalue weighted by Crippen LogP contribution is -2.42. The predicted octanol–water partition coefficient (Wildman–Crippen LogP) is 2.98. The molecule has 26 heavy (non-hydrogen) atoms. The zero-order valence-electron chi connectivity index (χ0n) is 14.6. The van der Waals surface area contributed by atoms with Gasteiger partial charge in [0.05, 0.1) is 17.1 Å². The van der Waals surface area contributed by atoms with Gasteiger partial charge in [-0.3, -0.25) is 19.6 Å². The van der Waals surface area contributed by atoms with Crippen LogP contribution >= 0.6 is 15.9 Å². The summed E-state index contributed by atoms with van der Waals surface area (Å²) >= 11 is 3.48. The Balaban J connectivity index is 2.21. The van der Waals surface area contributed by atoms with Crippen LogP contribution in [-0.4, -0.2) is 41.8 Å². The van der Waals surface area contributed by atoms with E-state index in [1.807, 2.05) is 36.4 Å². The van der Waals surface area contributed by atoms with E-state index >= 15 is 0 Å². The Kier molecular flexibility index (Phi) is 5.18. The number of anilines is 1. The molecule has 134 valence electrons. The van der Waals surface area contributed by atoms with Crippen molar-refractivity contribution in [3.63, 3.8) is 0 Å². The van der Waals surface area contributed by atoms with E-state index in [0.29, 0.717) is 11.4 Å². The highest BCUT2D eigenvalue weighted by atomic mass is 79.9. The fourth-order valence-electron chi connectivity index (χ4n) is 2.91. The Morgan fingerprint density at radius 3 is 2.73 bits per heavy atom. The minimum absolute atomic E-state index is 0.242. The number of rotatable bonds is 3. The number of carbonyl (C=O) groups is 2. The highest BCUT2D eigenvalue weighted by Crippen LogP contribution is 2.30. The molecular formula is C19H18BrN3O3. The van der Waals surface area contributed by atoms with Gasteiger partial charge in [0.1, 0.15) is 6.10 Å². The molecule has 0 unspecified atom stereocenters. The first-order chi connectivity index (χ1) is 12.4. The van der Waals surface area contributed by atoms with Gasteiger partial charge >= 0.3 is 5.97 Å². The molecule has 2 atom stereocenters. The van der Waals surface area contributed by atoms with Crippen molar-refractivity contribution in [3.05, 3.63) is 58.3 Å². The summed E-state index contributed by atoms with van der Waals surface area (Å²) in [4.78, 5) is 35.0. The van der Waals surface area contributed by atoms with Crippen molar-refractivity contribution in [2.24, 2.45) is 4.99 Å². The van der Waals surface area contributed by atoms with Gasteiger partial charge in [-0.15, -0.1) is 0 Å². The molecule has 0 radical (unpaired) electrons. The second kappa shape index (κ2) is 7.37. The van der Waals surface area contributed by atoms with Crippen molar-refractivity contribution >= 4 is 39.2 Å². The number of likely N-dealkylation sites (N-methyl/N-ethyl adjacent to an activating group) is 1. The summed E-state index contributed by atoms with van der Waals surface area (Å²) in [7, 11) is 1.69. The third-order valence-corrected chi connectivity index (χ3v) is 4.62. The van der Waals surface area contributed by atoms with Gasteiger partial charge in [-0.05, 0) is 37.3 Å². The topological polar surface area (TPSA) is 71.9 Å². The number of pyridine rings is 1. The summed E-state index contributed by atoms with van der Waals surface area (Å²) in [6.45, 7) is 2.99. The quantitative estimate of drug-likeness (QED) is 0.722. The highest BCUT2D eigenvalue weighted by Gasteiger charge is 2.35. The Morgan fingerprint density at radius 1 is 1.31 bits per heavy atom. The maximum absolute atomic E-state index is 13.0. The van der Waals surface area contributed by atoms with Gasteiger partial charge in [-0.1, -0.05) is 22.0 Å². The molecule has 0 bridgehead atoms. The number of benzodiazepines with no additional fused rings is 1. The van der Waals surface area contributed by atoms with Crippen LogP contribution in [0.25, 0.3) is 0 Å².